The van der Waals surface area contributed by atoms with Crippen molar-refractivity contribution in [2.24, 2.45) is 5.92 Å². The summed E-state index contributed by atoms with van der Waals surface area (Å²) < 4.78 is 0. The standard InChI is InChI=1S/C13H24N2O3/c1-9-2-4-13(8-16,5-3-9)15-12(18)11-6-10(17)7-14-11/h9-11,14,16-17H,2-8H2,1H3,(H,15,18). The van der Waals surface area contributed by atoms with E-state index in [2.05, 4.69) is 17.6 Å². The molecule has 0 radical (unpaired) electrons. The second-order valence-electron chi connectivity index (χ2n) is 5.96. The zero-order chi connectivity index (χ0) is 13.2. The number of nitrogens with one attached hydrogen (secondary N) is 2. The van der Waals surface area contributed by atoms with Gasteiger partial charge >= 0.3 is 0 Å². The normalized spacial score (nSPS) is 40.7. The number of hydrogen-bond donors (Lipinski definition) is 4. The van der Waals surface area contributed by atoms with E-state index in [0.717, 1.165) is 25.7 Å². The fourth-order valence-corrected chi connectivity index (χ4v) is 2.90. The van der Waals surface area contributed by atoms with E-state index >= 15 is 0 Å². The Morgan fingerprint density at radius 1 is 1.44 bits per heavy atom. The maximum absolute atomic E-state index is 12.1. The molecular weight excluding hydrogens is 232 g/mol. The summed E-state index contributed by atoms with van der Waals surface area (Å²) in [5.41, 5.74) is -0.446. The fourth-order valence-electron chi connectivity index (χ4n) is 2.90. The van der Waals surface area contributed by atoms with Crippen LogP contribution in [0.4, 0.5) is 0 Å². The predicted molar refractivity (Wildman–Crippen MR) is 68.0 cm³/mol. The Bertz CT molecular complexity index is 301. The van der Waals surface area contributed by atoms with Gasteiger partial charge in [-0.2, -0.15) is 0 Å². The molecule has 2 aliphatic rings. The first kappa shape index (κ1) is 13.8. The van der Waals surface area contributed by atoms with Gasteiger partial charge in [0.15, 0.2) is 0 Å². The van der Waals surface area contributed by atoms with Gasteiger partial charge in [-0.1, -0.05) is 6.92 Å². The molecule has 2 unspecified atom stereocenters. The van der Waals surface area contributed by atoms with E-state index in [4.69, 9.17) is 0 Å². The molecule has 5 heteroatoms. The van der Waals surface area contributed by atoms with Crippen LogP contribution in [0.2, 0.25) is 0 Å². The molecule has 4 N–H and O–H groups in total. The van der Waals surface area contributed by atoms with Crippen LogP contribution < -0.4 is 10.6 Å². The van der Waals surface area contributed by atoms with Gasteiger partial charge in [-0.3, -0.25) is 4.79 Å². The summed E-state index contributed by atoms with van der Waals surface area (Å²) in [5.74, 6) is 0.586. The van der Waals surface area contributed by atoms with Crippen molar-refractivity contribution >= 4 is 5.91 Å². The lowest BCUT2D eigenvalue weighted by Gasteiger charge is -2.39. The van der Waals surface area contributed by atoms with Gasteiger partial charge < -0.3 is 20.8 Å². The molecule has 5 nitrogen and oxygen atoms in total. The molecule has 18 heavy (non-hydrogen) atoms. The number of carbonyl (C=O) groups is 1. The number of hydrogen-bond acceptors (Lipinski definition) is 4. The molecule has 104 valence electrons. The van der Waals surface area contributed by atoms with Gasteiger partial charge in [-0.15, -0.1) is 0 Å². The summed E-state index contributed by atoms with van der Waals surface area (Å²) in [6.07, 6.45) is 3.79. The van der Waals surface area contributed by atoms with Gasteiger partial charge in [0.05, 0.1) is 24.3 Å². The van der Waals surface area contributed by atoms with Gasteiger partial charge in [0.2, 0.25) is 5.91 Å². The molecule has 2 fully saturated rings. The second kappa shape index (κ2) is 5.55. The minimum atomic E-state index is -0.446. The van der Waals surface area contributed by atoms with Crippen LogP contribution in [-0.4, -0.2) is 47.0 Å². The number of β-amino-alcohol motifs (C(OH)–C–C–N with tert-alkyl or cyclic N) is 1. The highest BCUT2D eigenvalue weighted by Crippen LogP contribution is 2.31. The highest BCUT2D eigenvalue weighted by molar-refractivity contribution is 5.83. The average Bonchev–Trinajstić information content (AvgIpc) is 2.79. The highest BCUT2D eigenvalue weighted by atomic mass is 16.3. The molecule has 0 aromatic heterocycles. The molecule has 1 heterocycles. The molecule has 2 rings (SSSR count). The quantitative estimate of drug-likeness (QED) is 0.562. The van der Waals surface area contributed by atoms with E-state index in [1.165, 1.54) is 0 Å². The third kappa shape index (κ3) is 3.02. The van der Waals surface area contributed by atoms with Crippen molar-refractivity contribution < 1.29 is 15.0 Å². The topological polar surface area (TPSA) is 81.6 Å². The molecule has 0 aromatic carbocycles. The Hall–Kier alpha value is -0.650. The molecule has 1 aliphatic heterocycles. The first-order valence-electron chi connectivity index (χ1n) is 6.89. The third-order valence-electron chi connectivity index (χ3n) is 4.35. The monoisotopic (exact) mass is 256 g/mol. The molecule has 0 aromatic rings. The summed E-state index contributed by atoms with van der Waals surface area (Å²) in [6.45, 7) is 2.68. The van der Waals surface area contributed by atoms with Gasteiger partial charge in [0, 0.05) is 6.54 Å². The molecule has 1 saturated heterocycles. The average molecular weight is 256 g/mol. The Morgan fingerprint density at radius 3 is 2.61 bits per heavy atom. The first-order valence-corrected chi connectivity index (χ1v) is 6.89. The lowest BCUT2D eigenvalue weighted by Crippen LogP contribution is -2.57. The van der Waals surface area contributed by atoms with E-state index in [9.17, 15) is 15.0 Å². The van der Waals surface area contributed by atoms with Crippen molar-refractivity contribution in [2.75, 3.05) is 13.2 Å². The summed E-state index contributed by atoms with van der Waals surface area (Å²) in [6, 6.07) is -0.317. The largest absolute Gasteiger partial charge is 0.394 e. The molecule has 2 atom stereocenters. The van der Waals surface area contributed by atoms with Crippen molar-refractivity contribution in [2.45, 2.75) is 56.7 Å². The molecule has 0 bridgehead atoms. The SMILES string of the molecule is CC1CCC(CO)(NC(=O)C2CC(O)CN2)CC1. The number of carbonyl (C=O) groups excluding carboxylic acids is 1. The minimum Gasteiger partial charge on any atom is -0.394 e. The molecule has 1 aliphatic carbocycles. The van der Waals surface area contributed by atoms with Crippen LogP contribution in [-0.2, 0) is 4.79 Å². The van der Waals surface area contributed by atoms with Gasteiger partial charge in [0.1, 0.15) is 0 Å². The van der Waals surface area contributed by atoms with Gasteiger partial charge in [-0.05, 0) is 38.0 Å². The molecule has 1 amide bonds. The maximum Gasteiger partial charge on any atom is 0.237 e. The van der Waals surface area contributed by atoms with E-state index in [1.807, 2.05) is 0 Å². The fraction of sp³-hybridized carbons (Fsp3) is 0.923. The number of aliphatic hydroxyl groups excluding tert-OH is 2. The predicted octanol–water partition coefficient (Wildman–Crippen LogP) is -0.233. The number of rotatable bonds is 3. The van der Waals surface area contributed by atoms with Crippen LogP contribution in [0.1, 0.15) is 39.0 Å². The van der Waals surface area contributed by atoms with Crippen molar-refractivity contribution in [1.82, 2.24) is 10.6 Å². The molecular formula is C13H24N2O3. The van der Waals surface area contributed by atoms with Crippen LogP contribution in [0.3, 0.4) is 0 Å². The van der Waals surface area contributed by atoms with Crippen molar-refractivity contribution in [3.63, 3.8) is 0 Å². The lowest BCUT2D eigenvalue weighted by atomic mass is 9.77. The number of amides is 1. The van der Waals surface area contributed by atoms with E-state index in [0.29, 0.717) is 18.9 Å². The second-order valence-corrected chi connectivity index (χ2v) is 5.96. The Labute approximate surface area is 108 Å². The lowest BCUT2D eigenvalue weighted by molar-refractivity contribution is -0.126. The van der Waals surface area contributed by atoms with E-state index in [-0.39, 0.29) is 18.6 Å². The van der Waals surface area contributed by atoms with Crippen LogP contribution in [0.15, 0.2) is 0 Å². The van der Waals surface area contributed by atoms with E-state index in [1.54, 1.807) is 0 Å². The van der Waals surface area contributed by atoms with E-state index < -0.39 is 11.6 Å². The number of aliphatic hydroxyl groups is 2. The minimum absolute atomic E-state index is 0.000728. The smallest absolute Gasteiger partial charge is 0.237 e. The van der Waals surface area contributed by atoms with Crippen LogP contribution in [0, 0.1) is 5.92 Å². The van der Waals surface area contributed by atoms with Gasteiger partial charge in [-0.25, -0.2) is 0 Å². The van der Waals surface area contributed by atoms with Crippen LogP contribution in [0.5, 0.6) is 0 Å². The van der Waals surface area contributed by atoms with Gasteiger partial charge in [0.25, 0.3) is 0 Å². The summed E-state index contributed by atoms with van der Waals surface area (Å²) >= 11 is 0. The Kier molecular flexibility index (Phi) is 4.25. The summed E-state index contributed by atoms with van der Waals surface area (Å²) in [4.78, 5) is 12.1. The Morgan fingerprint density at radius 2 is 2.11 bits per heavy atom. The maximum atomic E-state index is 12.1. The molecule has 1 saturated carbocycles. The molecule has 0 spiro atoms. The first-order chi connectivity index (χ1) is 8.54. The van der Waals surface area contributed by atoms with Crippen LogP contribution in [0.25, 0.3) is 0 Å². The summed E-state index contributed by atoms with van der Waals surface area (Å²) in [7, 11) is 0. The summed E-state index contributed by atoms with van der Waals surface area (Å²) in [5, 5.41) is 25.0. The van der Waals surface area contributed by atoms with Crippen LogP contribution >= 0.6 is 0 Å². The Balaban J connectivity index is 1.91. The zero-order valence-electron chi connectivity index (χ0n) is 11.0. The zero-order valence-corrected chi connectivity index (χ0v) is 11.0. The highest BCUT2D eigenvalue weighted by Gasteiger charge is 2.38. The van der Waals surface area contributed by atoms with Crippen molar-refractivity contribution in [3.8, 4) is 0 Å². The van der Waals surface area contributed by atoms with Crippen molar-refractivity contribution in [3.05, 3.63) is 0 Å². The van der Waals surface area contributed by atoms with Crippen molar-refractivity contribution in [1.29, 1.82) is 0 Å². The third-order valence-corrected chi connectivity index (χ3v) is 4.35.